The predicted octanol–water partition coefficient (Wildman–Crippen LogP) is 2.61. The Hall–Kier alpha value is -1.72. The van der Waals surface area contributed by atoms with E-state index in [1.165, 1.54) is 12.1 Å². The number of hydrogen-bond acceptors (Lipinski definition) is 3. The van der Waals surface area contributed by atoms with E-state index in [9.17, 15) is 12.8 Å². The molecule has 0 heterocycles. The summed E-state index contributed by atoms with van der Waals surface area (Å²) in [6.07, 6.45) is 0. The fraction of sp³-hybridized carbons (Fsp3) is 0.200. The molecule has 106 valence electrons. The lowest BCUT2D eigenvalue weighted by molar-refractivity contribution is 0.581. The zero-order chi connectivity index (χ0) is 14.8. The summed E-state index contributed by atoms with van der Waals surface area (Å²) in [5.74, 6) is -0.469. The van der Waals surface area contributed by atoms with E-state index in [0.717, 1.165) is 17.7 Å². The van der Waals surface area contributed by atoms with Gasteiger partial charge in [0.15, 0.2) is 9.84 Å². The Bertz CT molecular complexity index is 696. The first kappa shape index (κ1) is 14.7. The van der Waals surface area contributed by atoms with Crippen molar-refractivity contribution in [3.8, 4) is 0 Å². The zero-order valence-electron chi connectivity index (χ0n) is 11.1. The van der Waals surface area contributed by atoms with Crippen molar-refractivity contribution in [2.24, 2.45) is 5.73 Å². The van der Waals surface area contributed by atoms with Gasteiger partial charge in [-0.25, -0.2) is 12.8 Å². The van der Waals surface area contributed by atoms with Crippen molar-refractivity contribution in [3.05, 3.63) is 65.5 Å². The van der Waals surface area contributed by atoms with Crippen LogP contribution in [-0.2, 0) is 9.84 Å². The largest absolute Gasteiger partial charge is 0.329 e. The normalized spacial score (nSPS) is 13.2. The number of hydrogen-bond donors (Lipinski definition) is 1. The maximum atomic E-state index is 12.9. The van der Waals surface area contributed by atoms with Crippen molar-refractivity contribution < 1.29 is 12.8 Å². The highest BCUT2D eigenvalue weighted by Crippen LogP contribution is 2.28. The molecule has 0 unspecified atom stereocenters. The summed E-state index contributed by atoms with van der Waals surface area (Å²) in [5.41, 5.74) is 7.27. The number of sulfone groups is 1. The molecule has 0 aromatic heterocycles. The van der Waals surface area contributed by atoms with Gasteiger partial charge in [0.05, 0.1) is 4.90 Å². The van der Waals surface area contributed by atoms with Crippen LogP contribution >= 0.6 is 0 Å². The molecular formula is C15H16FNO2S. The smallest absolute Gasteiger partial charge is 0.186 e. The van der Waals surface area contributed by atoms with Crippen LogP contribution in [0.4, 0.5) is 4.39 Å². The fourth-order valence-corrected chi connectivity index (χ4v) is 3.70. The number of benzene rings is 2. The number of halogens is 1. The van der Waals surface area contributed by atoms with Gasteiger partial charge in [-0.3, -0.25) is 0 Å². The van der Waals surface area contributed by atoms with Gasteiger partial charge in [-0.05, 0) is 36.8 Å². The van der Waals surface area contributed by atoms with E-state index in [0.29, 0.717) is 5.56 Å². The Kier molecular flexibility index (Phi) is 4.20. The van der Waals surface area contributed by atoms with Crippen molar-refractivity contribution in [1.82, 2.24) is 0 Å². The van der Waals surface area contributed by atoms with E-state index in [2.05, 4.69) is 0 Å². The molecule has 0 fully saturated rings. The lowest BCUT2D eigenvalue weighted by Gasteiger charge is -2.17. The Labute approximate surface area is 118 Å². The molecule has 2 aromatic rings. The van der Waals surface area contributed by atoms with Crippen molar-refractivity contribution in [2.45, 2.75) is 17.1 Å². The van der Waals surface area contributed by atoms with E-state index in [1.807, 2.05) is 13.0 Å². The minimum Gasteiger partial charge on any atom is -0.329 e. The van der Waals surface area contributed by atoms with Crippen LogP contribution in [0.25, 0.3) is 0 Å². The van der Waals surface area contributed by atoms with E-state index < -0.39 is 20.9 Å². The number of aryl methyl sites for hydroxylation is 1. The Morgan fingerprint density at radius 3 is 2.35 bits per heavy atom. The van der Waals surface area contributed by atoms with Crippen molar-refractivity contribution in [2.75, 3.05) is 6.54 Å². The summed E-state index contributed by atoms with van der Waals surface area (Å²) in [7, 11) is -3.63. The highest BCUT2D eigenvalue weighted by Gasteiger charge is 2.27. The third-order valence-electron chi connectivity index (χ3n) is 3.14. The lowest BCUT2D eigenvalue weighted by Crippen LogP contribution is -2.22. The van der Waals surface area contributed by atoms with Crippen LogP contribution in [0.5, 0.6) is 0 Å². The molecule has 2 rings (SSSR count). The molecular weight excluding hydrogens is 277 g/mol. The third-order valence-corrected chi connectivity index (χ3v) is 5.29. The van der Waals surface area contributed by atoms with Gasteiger partial charge in [-0.1, -0.05) is 29.8 Å². The SMILES string of the molecule is Cc1cccc([C@H](CN)S(=O)(=O)c2ccc(F)cc2)c1. The van der Waals surface area contributed by atoms with Gasteiger partial charge in [0, 0.05) is 6.54 Å². The summed E-state index contributed by atoms with van der Waals surface area (Å²) >= 11 is 0. The quantitative estimate of drug-likeness (QED) is 0.881. The maximum absolute atomic E-state index is 12.9. The topological polar surface area (TPSA) is 60.2 Å². The van der Waals surface area contributed by atoms with Crippen molar-refractivity contribution in [1.29, 1.82) is 0 Å². The monoisotopic (exact) mass is 293 g/mol. The Morgan fingerprint density at radius 2 is 1.80 bits per heavy atom. The summed E-state index contributed by atoms with van der Waals surface area (Å²) in [6, 6.07) is 12.0. The first-order valence-corrected chi connectivity index (χ1v) is 7.76. The summed E-state index contributed by atoms with van der Waals surface area (Å²) < 4.78 is 38.1. The Balaban J connectivity index is 2.47. The van der Waals surface area contributed by atoms with Gasteiger partial charge in [-0.2, -0.15) is 0 Å². The standard InChI is InChI=1S/C15H16FNO2S/c1-11-3-2-4-12(9-11)15(10-17)20(18,19)14-7-5-13(16)6-8-14/h2-9,15H,10,17H2,1H3/t15-/m0/s1. The van der Waals surface area contributed by atoms with Gasteiger partial charge in [-0.15, -0.1) is 0 Å². The molecule has 0 spiro atoms. The van der Waals surface area contributed by atoms with E-state index in [4.69, 9.17) is 5.73 Å². The lowest BCUT2D eigenvalue weighted by atomic mass is 10.1. The van der Waals surface area contributed by atoms with E-state index >= 15 is 0 Å². The molecule has 3 nitrogen and oxygen atoms in total. The molecule has 0 amide bonds. The van der Waals surface area contributed by atoms with Crippen LogP contribution in [-0.4, -0.2) is 15.0 Å². The van der Waals surface area contributed by atoms with Crippen molar-refractivity contribution in [3.63, 3.8) is 0 Å². The highest BCUT2D eigenvalue weighted by molar-refractivity contribution is 7.91. The second-order valence-electron chi connectivity index (χ2n) is 4.64. The zero-order valence-corrected chi connectivity index (χ0v) is 11.9. The van der Waals surface area contributed by atoms with Crippen LogP contribution in [0.2, 0.25) is 0 Å². The van der Waals surface area contributed by atoms with Crippen LogP contribution in [0.3, 0.4) is 0 Å². The van der Waals surface area contributed by atoms with Gasteiger partial charge in [0.2, 0.25) is 0 Å². The summed E-state index contributed by atoms with van der Waals surface area (Å²) in [4.78, 5) is 0.0795. The maximum Gasteiger partial charge on any atom is 0.186 e. The minimum absolute atomic E-state index is 0.0246. The first-order valence-electron chi connectivity index (χ1n) is 6.21. The molecule has 2 N–H and O–H groups in total. The molecule has 0 aliphatic carbocycles. The molecule has 0 bridgehead atoms. The van der Waals surface area contributed by atoms with Gasteiger partial charge < -0.3 is 5.73 Å². The first-order chi connectivity index (χ1) is 9.45. The van der Waals surface area contributed by atoms with Crippen LogP contribution < -0.4 is 5.73 Å². The van der Waals surface area contributed by atoms with Crippen LogP contribution in [0.15, 0.2) is 53.4 Å². The molecule has 0 radical (unpaired) electrons. The molecule has 20 heavy (non-hydrogen) atoms. The van der Waals surface area contributed by atoms with Gasteiger partial charge in [0.1, 0.15) is 11.1 Å². The summed E-state index contributed by atoms with van der Waals surface area (Å²) in [6.45, 7) is 1.87. The number of rotatable bonds is 4. The predicted molar refractivity (Wildman–Crippen MR) is 76.6 cm³/mol. The number of nitrogens with two attached hydrogens (primary N) is 1. The third kappa shape index (κ3) is 2.89. The van der Waals surface area contributed by atoms with Crippen LogP contribution in [0, 0.1) is 12.7 Å². The minimum atomic E-state index is -3.63. The second kappa shape index (κ2) is 5.73. The van der Waals surface area contributed by atoms with E-state index in [1.54, 1.807) is 18.2 Å². The average Bonchev–Trinajstić information content (AvgIpc) is 2.40. The van der Waals surface area contributed by atoms with E-state index in [-0.39, 0.29) is 11.4 Å². The Morgan fingerprint density at radius 1 is 1.15 bits per heavy atom. The second-order valence-corrected chi connectivity index (χ2v) is 6.77. The fourth-order valence-electron chi connectivity index (χ4n) is 2.10. The summed E-state index contributed by atoms with van der Waals surface area (Å²) in [5, 5.41) is -0.826. The van der Waals surface area contributed by atoms with Crippen molar-refractivity contribution >= 4 is 9.84 Å². The highest BCUT2D eigenvalue weighted by atomic mass is 32.2. The van der Waals surface area contributed by atoms with Gasteiger partial charge in [0.25, 0.3) is 0 Å². The molecule has 2 aromatic carbocycles. The molecule has 0 saturated heterocycles. The van der Waals surface area contributed by atoms with Gasteiger partial charge >= 0.3 is 0 Å². The molecule has 5 heteroatoms. The molecule has 0 aliphatic rings. The molecule has 0 saturated carbocycles. The molecule has 1 atom stereocenters. The molecule has 0 aliphatic heterocycles. The average molecular weight is 293 g/mol. The van der Waals surface area contributed by atoms with Crippen LogP contribution in [0.1, 0.15) is 16.4 Å².